The smallest absolute Gasteiger partial charge is 0.111 e. The Morgan fingerprint density at radius 1 is 0.621 bits per heavy atom. The normalized spacial score (nSPS) is 40.7. The van der Waals surface area contributed by atoms with Crippen LogP contribution in [0.2, 0.25) is 0 Å². The fourth-order valence-electron chi connectivity index (χ4n) is 3.34. The predicted molar refractivity (Wildman–Crippen MR) is 112 cm³/mol. The topological polar surface area (TPSA) is 140 Å². The SMILES string of the molecule is C.C.CC(C)(C)[C@@H]1OC[C@@H](O)[C@H](O)C1O.C[C@@H]1O[C@@H](C(C)(C)C)C(O)C(O)[C@H]1O. The fourth-order valence-corrected chi connectivity index (χ4v) is 3.34. The molecule has 2 heterocycles. The number of aliphatic hydroxyl groups excluding tert-OH is 6. The molecule has 2 fully saturated rings. The maximum atomic E-state index is 9.73. The largest absolute Gasteiger partial charge is 0.388 e. The van der Waals surface area contributed by atoms with Crippen LogP contribution in [0.15, 0.2) is 0 Å². The van der Waals surface area contributed by atoms with Crippen LogP contribution >= 0.6 is 0 Å². The van der Waals surface area contributed by atoms with E-state index in [-0.39, 0.29) is 32.3 Å². The van der Waals surface area contributed by atoms with E-state index < -0.39 is 54.9 Å². The van der Waals surface area contributed by atoms with Crippen molar-refractivity contribution in [2.24, 2.45) is 10.8 Å². The van der Waals surface area contributed by atoms with Crippen molar-refractivity contribution in [1.82, 2.24) is 0 Å². The fraction of sp³-hybridized carbons (Fsp3) is 1.00. The Kier molecular flexibility index (Phi) is 12.1. The van der Waals surface area contributed by atoms with Crippen LogP contribution in [0.1, 0.15) is 63.3 Å². The first-order valence-electron chi connectivity index (χ1n) is 9.44. The minimum absolute atomic E-state index is 0. The minimum Gasteiger partial charge on any atom is -0.388 e. The van der Waals surface area contributed by atoms with E-state index in [1.54, 1.807) is 6.92 Å². The molecule has 0 radical (unpaired) electrons. The van der Waals surface area contributed by atoms with Crippen LogP contribution in [0, 0.1) is 10.8 Å². The van der Waals surface area contributed by atoms with E-state index in [9.17, 15) is 30.6 Å². The van der Waals surface area contributed by atoms with Gasteiger partial charge in [-0.1, -0.05) is 56.4 Å². The number of rotatable bonds is 0. The van der Waals surface area contributed by atoms with Gasteiger partial charge < -0.3 is 40.1 Å². The number of hydrogen-bond donors (Lipinski definition) is 6. The summed E-state index contributed by atoms with van der Waals surface area (Å²) in [7, 11) is 0. The molecule has 0 amide bonds. The van der Waals surface area contributed by atoms with Gasteiger partial charge in [0.1, 0.15) is 36.6 Å². The van der Waals surface area contributed by atoms with Crippen molar-refractivity contribution in [2.75, 3.05) is 6.61 Å². The lowest BCUT2D eigenvalue weighted by Gasteiger charge is -2.44. The molecular weight excluding hydrogens is 380 g/mol. The molecule has 0 aliphatic carbocycles. The van der Waals surface area contributed by atoms with E-state index in [0.717, 1.165) is 0 Å². The number of aliphatic hydroxyl groups is 6. The first-order chi connectivity index (χ1) is 12.1. The summed E-state index contributed by atoms with van der Waals surface area (Å²) in [6.07, 6.45) is -7.57. The lowest BCUT2D eigenvalue weighted by molar-refractivity contribution is -0.239. The Bertz CT molecular complexity index is 459. The summed E-state index contributed by atoms with van der Waals surface area (Å²) in [6, 6.07) is 0. The summed E-state index contributed by atoms with van der Waals surface area (Å²) in [6.45, 7) is 13.3. The molecule has 2 saturated heterocycles. The van der Waals surface area contributed by atoms with Gasteiger partial charge in [0.2, 0.25) is 0 Å². The van der Waals surface area contributed by atoms with Gasteiger partial charge in [-0.15, -0.1) is 0 Å². The molecule has 0 bridgehead atoms. The van der Waals surface area contributed by atoms with Gasteiger partial charge in [0.15, 0.2) is 0 Å². The van der Waals surface area contributed by atoms with Gasteiger partial charge in [-0.25, -0.2) is 0 Å². The number of ether oxygens (including phenoxy) is 2. The lowest BCUT2D eigenvalue weighted by Crippen LogP contribution is -2.59. The van der Waals surface area contributed by atoms with Gasteiger partial charge in [0, 0.05) is 0 Å². The highest BCUT2D eigenvalue weighted by atomic mass is 16.5. The van der Waals surface area contributed by atoms with Gasteiger partial charge in [0.05, 0.1) is 24.9 Å². The molecule has 8 nitrogen and oxygen atoms in total. The van der Waals surface area contributed by atoms with Crippen molar-refractivity contribution >= 4 is 0 Å². The molecule has 2 aliphatic rings. The molecule has 6 N–H and O–H groups in total. The van der Waals surface area contributed by atoms with Crippen molar-refractivity contribution in [1.29, 1.82) is 0 Å². The second-order valence-electron chi connectivity index (χ2n) is 9.77. The van der Waals surface area contributed by atoms with Crippen molar-refractivity contribution in [3.8, 4) is 0 Å². The predicted octanol–water partition coefficient (Wildman–Crippen LogP) is 0.689. The molecule has 0 aromatic rings. The van der Waals surface area contributed by atoms with Gasteiger partial charge in [-0.2, -0.15) is 0 Å². The van der Waals surface area contributed by atoms with E-state index >= 15 is 0 Å². The minimum atomic E-state index is -1.12. The molecule has 0 aromatic heterocycles. The van der Waals surface area contributed by atoms with Crippen LogP contribution in [0.4, 0.5) is 0 Å². The third kappa shape index (κ3) is 7.70. The lowest BCUT2D eigenvalue weighted by atomic mass is 9.80. The molecule has 178 valence electrons. The Hall–Kier alpha value is -0.320. The Morgan fingerprint density at radius 2 is 1.03 bits per heavy atom. The maximum absolute atomic E-state index is 9.73. The zero-order chi connectivity index (χ0) is 21.3. The Labute approximate surface area is 176 Å². The molecule has 3 unspecified atom stereocenters. The van der Waals surface area contributed by atoms with E-state index in [1.807, 2.05) is 41.5 Å². The van der Waals surface area contributed by atoms with Crippen molar-refractivity contribution < 1.29 is 40.1 Å². The molecule has 29 heavy (non-hydrogen) atoms. The van der Waals surface area contributed by atoms with E-state index in [4.69, 9.17) is 9.47 Å². The van der Waals surface area contributed by atoms with E-state index in [1.165, 1.54) is 0 Å². The second-order valence-corrected chi connectivity index (χ2v) is 9.77. The molecule has 8 heteroatoms. The summed E-state index contributed by atoms with van der Waals surface area (Å²) >= 11 is 0. The van der Waals surface area contributed by atoms with Crippen LogP contribution in [0.3, 0.4) is 0 Å². The Balaban J connectivity index is 0. The summed E-state index contributed by atoms with van der Waals surface area (Å²) in [5, 5.41) is 57.0. The van der Waals surface area contributed by atoms with Gasteiger partial charge in [0.25, 0.3) is 0 Å². The summed E-state index contributed by atoms with van der Waals surface area (Å²) in [5.74, 6) is 0. The first-order valence-corrected chi connectivity index (χ1v) is 9.44. The van der Waals surface area contributed by atoms with Gasteiger partial charge in [-0.3, -0.25) is 0 Å². The van der Waals surface area contributed by atoms with Gasteiger partial charge >= 0.3 is 0 Å². The third-order valence-electron chi connectivity index (χ3n) is 5.06. The highest BCUT2D eigenvalue weighted by molar-refractivity contribution is 4.95. The molecule has 2 aliphatic heterocycles. The van der Waals surface area contributed by atoms with Crippen molar-refractivity contribution in [3.05, 3.63) is 0 Å². The highest BCUT2D eigenvalue weighted by Crippen LogP contribution is 2.33. The van der Waals surface area contributed by atoms with Crippen LogP contribution in [-0.2, 0) is 9.47 Å². The van der Waals surface area contributed by atoms with Crippen LogP contribution < -0.4 is 0 Å². The Morgan fingerprint density at radius 3 is 1.45 bits per heavy atom. The zero-order valence-electron chi connectivity index (χ0n) is 17.4. The third-order valence-corrected chi connectivity index (χ3v) is 5.06. The molecule has 2 rings (SSSR count). The van der Waals surface area contributed by atoms with Crippen LogP contribution in [0.5, 0.6) is 0 Å². The monoisotopic (exact) mass is 426 g/mol. The molecular formula is C21H46O8. The zero-order valence-corrected chi connectivity index (χ0v) is 17.4. The highest BCUT2D eigenvalue weighted by Gasteiger charge is 2.46. The number of hydrogen-bond acceptors (Lipinski definition) is 8. The van der Waals surface area contributed by atoms with Crippen LogP contribution in [0.25, 0.3) is 0 Å². The second kappa shape index (κ2) is 11.3. The quantitative estimate of drug-likeness (QED) is 0.332. The average molecular weight is 427 g/mol. The van der Waals surface area contributed by atoms with Crippen molar-refractivity contribution in [2.45, 2.75) is 118 Å². The molecule has 0 aromatic carbocycles. The van der Waals surface area contributed by atoms with E-state index in [2.05, 4.69) is 0 Å². The average Bonchev–Trinajstić information content (AvgIpc) is 2.52. The molecule has 0 spiro atoms. The first kappa shape index (κ1) is 30.9. The summed E-state index contributed by atoms with van der Waals surface area (Å²) < 4.78 is 10.8. The summed E-state index contributed by atoms with van der Waals surface area (Å²) in [5.41, 5.74) is -0.491. The molecule has 0 saturated carbocycles. The maximum Gasteiger partial charge on any atom is 0.111 e. The van der Waals surface area contributed by atoms with E-state index in [0.29, 0.717) is 0 Å². The van der Waals surface area contributed by atoms with Crippen LogP contribution in [-0.4, -0.2) is 92.2 Å². The van der Waals surface area contributed by atoms with Gasteiger partial charge in [-0.05, 0) is 17.8 Å². The standard InChI is InChI=1S/C10H20O4.C9H18O4.2CH4/c1-5-6(11)7(12)8(13)9(14-5)10(2,3)4;1-9(2,3)8-7(12)6(11)5(10)4-13-8;;/h5-9,11-13H,1-4H3;5-8,10-12H,4H2,1-3H3;2*1H4/t5-,6-,7?,8?,9+;5-,6+,7?,8-;;/m01../s1. The summed E-state index contributed by atoms with van der Waals surface area (Å²) in [4.78, 5) is 0. The van der Waals surface area contributed by atoms with Crippen molar-refractivity contribution in [3.63, 3.8) is 0 Å². The molecule has 9 atom stereocenters.